The molecule has 0 bridgehead atoms. The molecule has 0 atom stereocenters. The van der Waals surface area contributed by atoms with E-state index in [4.69, 9.17) is 22.4 Å². The number of carboxylic acids is 1. The first-order chi connectivity index (χ1) is 8.00. The number of hydrogen-bond acceptors (Lipinski definition) is 4. The SMILES string of the molecule is Nc1c(C(=O)O)nnn1-c1ccc(F)c(Cl)c1. The summed E-state index contributed by atoms with van der Waals surface area (Å²) in [7, 11) is 0. The number of nitrogen functional groups attached to an aromatic ring is 1. The molecule has 0 aliphatic heterocycles. The van der Waals surface area contributed by atoms with Crippen LogP contribution in [0.5, 0.6) is 0 Å². The Hall–Kier alpha value is -2.15. The fourth-order valence-electron chi connectivity index (χ4n) is 1.25. The second kappa shape index (κ2) is 4.02. The molecule has 17 heavy (non-hydrogen) atoms. The third-order valence-electron chi connectivity index (χ3n) is 2.06. The zero-order chi connectivity index (χ0) is 12.6. The van der Waals surface area contributed by atoms with E-state index < -0.39 is 11.8 Å². The number of benzene rings is 1. The van der Waals surface area contributed by atoms with Crippen molar-refractivity contribution in [3.63, 3.8) is 0 Å². The molecule has 0 saturated carbocycles. The molecule has 0 unspecified atom stereocenters. The van der Waals surface area contributed by atoms with Gasteiger partial charge in [0.25, 0.3) is 0 Å². The summed E-state index contributed by atoms with van der Waals surface area (Å²) < 4.78 is 14.0. The van der Waals surface area contributed by atoms with Crippen molar-refractivity contribution in [2.75, 3.05) is 5.73 Å². The van der Waals surface area contributed by atoms with Crippen molar-refractivity contribution in [2.45, 2.75) is 0 Å². The molecule has 2 aromatic rings. The van der Waals surface area contributed by atoms with E-state index in [-0.39, 0.29) is 16.5 Å². The Morgan fingerprint density at radius 1 is 1.53 bits per heavy atom. The van der Waals surface area contributed by atoms with Crippen molar-refractivity contribution in [3.8, 4) is 5.69 Å². The van der Waals surface area contributed by atoms with Crippen LogP contribution in [0, 0.1) is 5.82 Å². The number of rotatable bonds is 2. The van der Waals surface area contributed by atoms with Crippen LogP contribution < -0.4 is 5.73 Å². The number of nitrogens with zero attached hydrogens (tertiary/aromatic N) is 3. The number of anilines is 1. The van der Waals surface area contributed by atoms with Gasteiger partial charge in [0.05, 0.1) is 10.7 Å². The van der Waals surface area contributed by atoms with Crippen LogP contribution in [0.25, 0.3) is 5.69 Å². The Morgan fingerprint density at radius 3 is 2.76 bits per heavy atom. The lowest BCUT2D eigenvalue weighted by molar-refractivity contribution is 0.0691. The van der Waals surface area contributed by atoms with Gasteiger partial charge in [-0.3, -0.25) is 0 Å². The third kappa shape index (κ3) is 1.92. The molecule has 0 fully saturated rings. The van der Waals surface area contributed by atoms with E-state index in [0.717, 1.165) is 10.7 Å². The highest BCUT2D eigenvalue weighted by Crippen LogP contribution is 2.21. The largest absolute Gasteiger partial charge is 0.476 e. The van der Waals surface area contributed by atoms with Crippen LogP contribution in [0.3, 0.4) is 0 Å². The molecule has 1 aromatic heterocycles. The van der Waals surface area contributed by atoms with Crippen molar-refractivity contribution >= 4 is 23.4 Å². The second-order valence-corrected chi connectivity index (χ2v) is 3.55. The second-order valence-electron chi connectivity index (χ2n) is 3.14. The van der Waals surface area contributed by atoms with Gasteiger partial charge in [-0.25, -0.2) is 9.18 Å². The fourth-order valence-corrected chi connectivity index (χ4v) is 1.42. The van der Waals surface area contributed by atoms with Gasteiger partial charge >= 0.3 is 5.97 Å². The van der Waals surface area contributed by atoms with Crippen LogP contribution in [-0.2, 0) is 0 Å². The average molecular weight is 257 g/mol. The summed E-state index contributed by atoms with van der Waals surface area (Å²) in [6.45, 7) is 0. The van der Waals surface area contributed by atoms with Gasteiger partial charge < -0.3 is 10.8 Å². The maximum atomic E-state index is 12.9. The summed E-state index contributed by atoms with van der Waals surface area (Å²) in [5.41, 5.74) is 5.50. The van der Waals surface area contributed by atoms with Gasteiger partial charge in [0.15, 0.2) is 5.82 Å². The molecule has 0 aliphatic rings. The zero-order valence-electron chi connectivity index (χ0n) is 8.26. The molecule has 6 nitrogen and oxygen atoms in total. The van der Waals surface area contributed by atoms with Crippen LogP contribution in [-0.4, -0.2) is 26.1 Å². The minimum absolute atomic E-state index is 0.116. The summed E-state index contributed by atoms with van der Waals surface area (Å²) in [4.78, 5) is 10.7. The quantitative estimate of drug-likeness (QED) is 0.846. The van der Waals surface area contributed by atoms with E-state index in [9.17, 15) is 9.18 Å². The Bertz CT molecular complexity index is 599. The van der Waals surface area contributed by atoms with Gasteiger partial charge in [-0.2, -0.15) is 4.68 Å². The van der Waals surface area contributed by atoms with Crippen molar-refractivity contribution in [1.29, 1.82) is 0 Å². The maximum absolute atomic E-state index is 12.9. The maximum Gasteiger partial charge on any atom is 0.360 e. The van der Waals surface area contributed by atoms with Crippen LogP contribution in [0.15, 0.2) is 18.2 Å². The molecule has 88 valence electrons. The Morgan fingerprint density at radius 2 is 2.24 bits per heavy atom. The molecule has 0 amide bonds. The summed E-state index contributed by atoms with van der Waals surface area (Å²) in [5.74, 6) is -2.03. The van der Waals surface area contributed by atoms with Crippen LogP contribution in [0.1, 0.15) is 10.5 Å². The molecule has 1 heterocycles. The first-order valence-corrected chi connectivity index (χ1v) is 4.78. The van der Waals surface area contributed by atoms with Crippen LogP contribution >= 0.6 is 11.6 Å². The molecule has 0 aliphatic carbocycles. The van der Waals surface area contributed by atoms with E-state index in [0.29, 0.717) is 5.69 Å². The number of carboxylic acid groups (broad SMARTS) is 1. The lowest BCUT2D eigenvalue weighted by Gasteiger charge is -2.03. The Kier molecular flexibility index (Phi) is 2.68. The number of halogens is 2. The normalized spacial score (nSPS) is 10.5. The van der Waals surface area contributed by atoms with Crippen LogP contribution in [0.4, 0.5) is 10.2 Å². The van der Waals surface area contributed by atoms with Crippen molar-refractivity contribution < 1.29 is 14.3 Å². The molecule has 1 aromatic carbocycles. The predicted octanol–water partition coefficient (Wildman–Crippen LogP) is 1.34. The van der Waals surface area contributed by atoms with Crippen molar-refractivity contribution in [3.05, 3.63) is 34.7 Å². The number of carbonyl (C=O) groups is 1. The lowest BCUT2D eigenvalue weighted by atomic mass is 10.3. The Labute approximate surface area is 99.4 Å². The predicted molar refractivity (Wildman–Crippen MR) is 57.7 cm³/mol. The fraction of sp³-hybridized carbons (Fsp3) is 0. The molecule has 0 radical (unpaired) electrons. The zero-order valence-corrected chi connectivity index (χ0v) is 9.02. The highest BCUT2D eigenvalue weighted by Gasteiger charge is 2.17. The minimum atomic E-state index is -1.29. The van der Waals surface area contributed by atoms with Gasteiger partial charge in [0.1, 0.15) is 5.82 Å². The number of nitrogens with two attached hydrogens (primary N) is 1. The first kappa shape index (κ1) is 11.3. The highest BCUT2D eigenvalue weighted by atomic mass is 35.5. The summed E-state index contributed by atoms with van der Waals surface area (Å²) in [5, 5.41) is 15.6. The van der Waals surface area contributed by atoms with Crippen molar-refractivity contribution in [2.24, 2.45) is 0 Å². The van der Waals surface area contributed by atoms with Gasteiger partial charge in [-0.1, -0.05) is 16.8 Å². The monoisotopic (exact) mass is 256 g/mol. The van der Waals surface area contributed by atoms with Gasteiger partial charge in [0, 0.05) is 0 Å². The summed E-state index contributed by atoms with van der Waals surface area (Å²) in [6, 6.07) is 3.75. The third-order valence-corrected chi connectivity index (χ3v) is 2.34. The number of aromatic nitrogens is 3. The summed E-state index contributed by atoms with van der Waals surface area (Å²) in [6.07, 6.45) is 0. The van der Waals surface area contributed by atoms with E-state index in [1.165, 1.54) is 12.1 Å². The highest BCUT2D eigenvalue weighted by molar-refractivity contribution is 6.30. The molecule has 0 saturated heterocycles. The van der Waals surface area contributed by atoms with E-state index in [1.54, 1.807) is 0 Å². The number of hydrogen-bond donors (Lipinski definition) is 2. The average Bonchev–Trinajstić information content (AvgIpc) is 2.64. The Balaban J connectivity index is 2.53. The lowest BCUT2D eigenvalue weighted by Crippen LogP contribution is -2.06. The van der Waals surface area contributed by atoms with E-state index in [1.807, 2.05) is 0 Å². The van der Waals surface area contributed by atoms with Crippen LogP contribution in [0.2, 0.25) is 5.02 Å². The van der Waals surface area contributed by atoms with Crippen molar-refractivity contribution in [1.82, 2.24) is 15.0 Å². The molecule has 3 N–H and O–H groups in total. The minimum Gasteiger partial charge on any atom is -0.476 e. The topological polar surface area (TPSA) is 94.0 Å². The molecule has 2 rings (SSSR count). The van der Waals surface area contributed by atoms with Gasteiger partial charge in [-0.05, 0) is 18.2 Å². The van der Waals surface area contributed by atoms with Gasteiger partial charge in [0.2, 0.25) is 5.69 Å². The molecule has 0 spiro atoms. The van der Waals surface area contributed by atoms with E-state index in [2.05, 4.69) is 10.3 Å². The smallest absolute Gasteiger partial charge is 0.360 e. The first-order valence-electron chi connectivity index (χ1n) is 4.40. The molecular formula is C9H6ClFN4O2. The van der Waals surface area contributed by atoms with Gasteiger partial charge in [-0.15, -0.1) is 5.10 Å². The molecular weight excluding hydrogens is 251 g/mol. The van der Waals surface area contributed by atoms with E-state index >= 15 is 0 Å². The summed E-state index contributed by atoms with van der Waals surface area (Å²) >= 11 is 5.59. The molecule has 8 heteroatoms. The number of aromatic carboxylic acids is 1. The standard InChI is InChI=1S/C9H6ClFN4O2/c10-5-3-4(1-2-6(5)11)15-8(12)7(9(16)17)13-14-15/h1-3H,12H2,(H,16,17).